The average Bonchev–Trinajstić information content (AvgIpc) is 2.55. The number of halogens is 2. The maximum Gasteiger partial charge on any atom is 0.0363 e. The molecule has 0 saturated carbocycles. The highest BCUT2D eigenvalue weighted by molar-refractivity contribution is 8.93. The van der Waals surface area contributed by atoms with Crippen LogP contribution in [0.2, 0.25) is 0 Å². The normalized spacial score (nSPS) is 20.2. The third-order valence-electron chi connectivity index (χ3n) is 5.61. The van der Waals surface area contributed by atoms with Crippen molar-refractivity contribution in [2.75, 3.05) is 19.6 Å². The van der Waals surface area contributed by atoms with Gasteiger partial charge < -0.3 is 5.32 Å². The number of nitrogens with one attached hydrogen (secondary N) is 1. The maximum atomic E-state index is 3.93. The lowest BCUT2D eigenvalue weighted by molar-refractivity contribution is -0.00268. The molecule has 2 nitrogen and oxygen atoms in total. The third-order valence-corrected chi connectivity index (χ3v) is 5.61. The highest BCUT2D eigenvalue weighted by Crippen LogP contribution is 2.36. The second-order valence-corrected chi connectivity index (χ2v) is 7.30. The monoisotopic (exact) mass is 470 g/mol. The summed E-state index contributed by atoms with van der Waals surface area (Å²) in [5.41, 5.74) is 0.439. The molecule has 24 heavy (non-hydrogen) atoms. The lowest BCUT2D eigenvalue weighted by atomic mass is 9.75. The molecule has 4 heteroatoms. The SMILES string of the molecule is Br.Br.CCCCC1NCCN(CCCC)C1(CCCC)CCCC. The summed E-state index contributed by atoms with van der Waals surface area (Å²) in [4.78, 5) is 2.90. The molecule has 0 aromatic carbocycles. The minimum absolute atomic E-state index is 0. The molecule has 1 saturated heterocycles. The molecule has 0 aromatic heterocycles. The third kappa shape index (κ3) is 8.05. The Bertz CT molecular complexity index is 248. The quantitative estimate of drug-likeness (QED) is 0.348. The molecule has 1 heterocycles. The van der Waals surface area contributed by atoms with E-state index in [4.69, 9.17) is 0 Å². The van der Waals surface area contributed by atoms with Gasteiger partial charge in [0, 0.05) is 24.7 Å². The highest BCUT2D eigenvalue weighted by atomic mass is 79.9. The van der Waals surface area contributed by atoms with Crippen LogP contribution in [0.1, 0.15) is 98.3 Å². The predicted molar refractivity (Wildman–Crippen MR) is 120 cm³/mol. The molecule has 0 radical (unpaired) electrons. The van der Waals surface area contributed by atoms with Gasteiger partial charge in [-0.05, 0) is 32.2 Å². The number of piperazine rings is 1. The van der Waals surface area contributed by atoms with Gasteiger partial charge in [0.1, 0.15) is 0 Å². The first-order chi connectivity index (χ1) is 10.7. The van der Waals surface area contributed by atoms with Crippen LogP contribution >= 0.6 is 34.0 Å². The van der Waals surface area contributed by atoms with E-state index in [0.717, 1.165) is 6.04 Å². The lowest BCUT2D eigenvalue weighted by Crippen LogP contribution is -2.67. The van der Waals surface area contributed by atoms with Gasteiger partial charge in [-0.25, -0.2) is 0 Å². The summed E-state index contributed by atoms with van der Waals surface area (Å²) in [7, 11) is 0. The Morgan fingerprint density at radius 2 is 1.38 bits per heavy atom. The van der Waals surface area contributed by atoms with Crippen LogP contribution in [0.3, 0.4) is 0 Å². The van der Waals surface area contributed by atoms with Gasteiger partial charge in [0.15, 0.2) is 0 Å². The lowest BCUT2D eigenvalue weighted by Gasteiger charge is -2.54. The van der Waals surface area contributed by atoms with E-state index in [9.17, 15) is 0 Å². The summed E-state index contributed by atoms with van der Waals surface area (Å²) in [6, 6.07) is 0.719. The highest BCUT2D eigenvalue weighted by Gasteiger charge is 2.44. The molecular formula is C20H44Br2N2. The van der Waals surface area contributed by atoms with Gasteiger partial charge in [0.05, 0.1) is 0 Å². The van der Waals surface area contributed by atoms with Crippen LogP contribution in [-0.4, -0.2) is 36.1 Å². The second kappa shape index (κ2) is 16.1. The van der Waals surface area contributed by atoms with Crippen LogP contribution in [0.5, 0.6) is 0 Å². The molecule has 1 aliphatic rings. The Labute approximate surface area is 173 Å². The van der Waals surface area contributed by atoms with E-state index < -0.39 is 0 Å². The van der Waals surface area contributed by atoms with Gasteiger partial charge in [0.25, 0.3) is 0 Å². The molecular weight excluding hydrogens is 428 g/mol. The molecule has 1 fully saturated rings. The molecule has 1 N–H and O–H groups in total. The molecule has 1 atom stereocenters. The van der Waals surface area contributed by atoms with Crippen LogP contribution in [0.15, 0.2) is 0 Å². The Morgan fingerprint density at radius 3 is 1.88 bits per heavy atom. The van der Waals surface area contributed by atoms with Gasteiger partial charge in [-0.3, -0.25) is 4.90 Å². The molecule has 1 rings (SSSR count). The van der Waals surface area contributed by atoms with Crippen molar-refractivity contribution >= 4 is 34.0 Å². The van der Waals surface area contributed by atoms with Crippen molar-refractivity contribution in [1.82, 2.24) is 10.2 Å². The van der Waals surface area contributed by atoms with Gasteiger partial charge in [0.2, 0.25) is 0 Å². The van der Waals surface area contributed by atoms with E-state index >= 15 is 0 Å². The van der Waals surface area contributed by atoms with Crippen molar-refractivity contribution in [1.29, 1.82) is 0 Å². The zero-order chi connectivity index (χ0) is 16.3. The molecule has 0 amide bonds. The van der Waals surface area contributed by atoms with Gasteiger partial charge in [-0.1, -0.05) is 72.6 Å². The van der Waals surface area contributed by atoms with Crippen LogP contribution in [0, 0.1) is 0 Å². The van der Waals surface area contributed by atoms with Crippen LogP contribution in [0.4, 0.5) is 0 Å². The Hall–Kier alpha value is 0.880. The van der Waals surface area contributed by atoms with Crippen molar-refractivity contribution in [3.05, 3.63) is 0 Å². The number of nitrogens with zero attached hydrogens (tertiary/aromatic N) is 1. The smallest absolute Gasteiger partial charge is 0.0363 e. The van der Waals surface area contributed by atoms with Crippen molar-refractivity contribution in [3.63, 3.8) is 0 Å². The van der Waals surface area contributed by atoms with Crippen molar-refractivity contribution in [3.8, 4) is 0 Å². The van der Waals surface area contributed by atoms with Crippen LogP contribution < -0.4 is 5.32 Å². The summed E-state index contributed by atoms with van der Waals surface area (Å²) in [5.74, 6) is 0. The van der Waals surface area contributed by atoms with Gasteiger partial charge in [-0.2, -0.15) is 0 Å². The standard InChI is InChI=1S/C20H42N2.2BrH/c1-5-9-13-19-20(14-10-6-2,15-11-7-3)22(17-12-8-4)18-16-21-19;;/h19,21H,5-18H2,1-4H3;2*1H. The first-order valence-electron chi connectivity index (χ1n) is 10.2. The van der Waals surface area contributed by atoms with E-state index in [-0.39, 0.29) is 34.0 Å². The Morgan fingerprint density at radius 1 is 0.833 bits per heavy atom. The van der Waals surface area contributed by atoms with Crippen molar-refractivity contribution < 1.29 is 0 Å². The molecule has 0 aliphatic carbocycles. The van der Waals surface area contributed by atoms with E-state index in [2.05, 4.69) is 37.9 Å². The Balaban J connectivity index is 0. The largest absolute Gasteiger partial charge is 0.311 e. The molecule has 0 aromatic rings. The molecule has 1 unspecified atom stereocenters. The molecule has 148 valence electrons. The summed E-state index contributed by atoms with van der Waals surface area (Å²) in [5, 5.41) is 3.93. The number of unbranched alkanes of at least 4 members (excludes halogenated alkanes) is 4. The molecule has 1 aliphatic heterocycles. The number of hydrogen-bond acceptors (Lipinski definition) is 2. The van der Waals surface area contributed by atoms with E-state index in [1.165, 1.54) is 90.3 Å². The van der Waals surface area contributed by atoms with E-state index in [1.807, 2.05) is 0 Å². The number of hydrogen-bond donors (Lipinski definition) is 1. The van der Waals surface area contributed by atoms with E-state index in [1.54, 1.807) is 0 Å². The van der Waals surface area contributed by atoms with Crippen LogP contribution in [0.25, 0.3) is 0 Å². The summed E-state index contributed by atoms with van der Waals surface area (Å²) in [6.45, 7) is 13.1. The summed E-state index contributed by atoms with van der Waals surface area (Å²) in [6.07, 6.45) is 15.0. The number of rotatable bonds is 12. The molecule has 0 bridgehead atoms. The fourth-order valence-electron chi connectivity index (χ4n) is 4.22. The molecule has 0 spiro atoms. The van der Waals surface area contributed by atoms with Crippen molar-refractivity contribution in [2.45, 2.75) is 110 Å². The van der Waals surface area contributed by atoms with Gasteiger partial charge in [-0.15, -0.1) is 34.0 Å². The zero-order valence-corrected chi connectivity index (χ0v) is 20.2. The minimum Gasteiger partial charge on any atom is -0.311 e. The average molecular weight is 472 g/mol. The first-order valence-corrected chi connectivity index (χ1v) is 10.2. The first kappa shape index (κ1) is 27.1. The Kier molecular flexibility index (Phi) is 18.2. The summed E-state index contributed by atoms with van der Waals surface area (Å²) >= 11 is 0. The zero-order valence-electron chi connectivity index (χ0n) is 16.7. The topological polar surface area (TPSA) is 15.3 Å². The van der Waals surface area contributed by atoms with Crippen LogP contribution in [-0.2, 0) is 0 Å². The van der Waals surface area contributed by atoms with Crippen molar-refractivity contribution in [2.24, 2.45) is 0 Å². The fourth-order valence-corrected chi connectivity index (χ4v) is 4.22. The fraction of sp³-hybridized carbons (Fsp3) is 1.00. The minimum atomic E-state index is 0. The van der Waals surface area contributed by atoms with Gasteiger partial charge >= 0.3 is 0 Å². The predicted octanol–water partition coefficient (Wildman–Crippen LogP) is 6.53. The maximum absolute atomic E-state index is 3.93. The summed E-state index contributed by atoms with van der Waals surface area (Å²) < 4.78 is 0. The second-order valence-electron chi connectivity index (χ2n) is 7.30. The van der Waals surface area contributed by atoms with E-state index in [0.29, 0.717) is 5.54 Å².